The van der Waals surface area contributed by atoms with Gasteiger partial charge in [0.25, 0.3) is 0 Å². The molecule has 0 radical (unpaired) electrons. The van der Waals surface area contributed by atoms with Crippen molar-refractivity contribution in [3.63, 3.8) is 0 Å². The Balaban J connectivity index is 1.88. The summed E-state index contributed by atoms with van der Waals surface area (Å²) >= 11 is 0. The molecule has 7 nitrogen and oxygen atoms in total. The maximum absolute atomic E-state index is 13.8. The van der Waals surface area contributed by atoms with Gasteiger partial charge in [0.05, 0.1) is 25.7 Å². The summed E-state index contributed by atoms with van der Waals surface area (Å²) < 4.78 is 10.5. The Morgan fingerprint density at radius 1 is 0.780 bits per heavy atom. The Bertz CT molecular complexity index is 1230. The van der Waals surface area contributed by atoms with Crippen LogP contribution in [-0.4, -0.2) is 44.1 Å². The number of carbonyl (C=O) groups is 3. The van der Waals surface area contributed by atoms with Crippen LogP contribution in [0.15, 0.2) is 84.9 Å². The van der Waals surface area contributed by atoms with Crippen molar-refractivity contribution in [3.8, 4) is 11.1 Å². The Morgan fingerprint density at radius 2 is 1.39 bits per heavy atom. The number of benzene rings is 3. The Morgan fingerprint density at radius 3 is 1.98 bits per heavy atom. The van der Waals surface area contributed by atoms with E-state index in [1.807, 2.05) is 98.8 Å². The number of hydrogen-bond donors (Lipinski definition) is 2. The highest BCUT2D eigenvalue weighted by Gasteiger charge is 2.30. The molecule has 0 aromatic heterocycles. The van der Waals surface area contributed by atoms with E-state index in [4.69, 9.17) is 9.47 Å². The lowest BCUT2D eigenvalue weighted by Crippen LogP contribution is -2.48. The van der Waals surface area contributed by atoms with Gasteiger partial charge in [0, 0.05) is 13.0 Å². The first-order valence-corrected chi connectivity index (χ1v) is 14.2. The minimum absolute atomic E-state index is 0.0422. The fraction of sp³-hybridized carbons (Fsp3) is 0.382. The second kappa shape index (κ2) is 16.3. The molecule has 0 saturated carbocycles. The predicted molar refractivity (Wildman–Crippen MR) is 161 cm³/mol. The standard InChI is InChI=1S/C34H42N2O5/c1-5-41-31(37)22-29(20-24(2)3)33(38)36-32(28-18-16-27(17-19-28)26-14-10-7-11-15-26)34(39)35-30(23-40-4)21-25-12-8-6-9-13-25/h6-19,24,29-30,32H,5,20-23H2,1-4H3,(H,35,39)(H,36,38)/t29-,30+,32-/m1/s1. The van der Waals surface area contributed by atoms with Gasteiger partial charge in [-0.3, -0.25) is 14.4 Å². The molecule has 3 atom stereocenters. The van der Waals surface area contributed by atoms with Crippen LogP contribution >= 0.6 is 0 Å². The van der Waals surface area contributed by atoms with Crippen LogP contribution in [0.1, 0.15) is 50.8 Å². The van der Waals surface area contributed by atoms with Crippen molar-refractivity contribution in [1.82, 2.24) is 10.6 Å². The molecule has 0 unspecified atom stereocenters. The van der Waals surface area contributed by atoms with Gasteiger partial charge in [0.1, 0.15) is 6.04 Å². The number of amides is 2. The van der Waals surface area contributed by atoms with Crippen molar-refractivity contribution in [2.45, 2.75) is 52.1 Å². The van der Waals surface area contributed by atoms with Crippen LogP contribution in [0.5, 0.6) is 0 Å². The molecule has 0 fully saturated rings. The lowest BCUT2D eigenvalue weighted by atomic mass is 9.92. The number of methoxy groups -OCH3 is 1. The van der Waals surface area contributed by atoms with Gasteiger partial charge in [-0.05, 0) is 47.9 Å². The van der Waals surface area contributed by atoms with E-state index in [9.17, 15) is 14.4 Å². The van der Waals surface area contributed by atoms with Gasteiger partial charge in [-0.1, -0.05) is 98.8 Å². The molecule has 0 bridgehead atoms. The molecule has 7 heteroatoms. The van der Waals surface area contributed by atoms with Crippen LogP contribution < -0.4 is 10.6 Å². The van der Waals surface area contributed by atoms with Crippen LogP contribution in [0.4, 0.5) is 0 Å². The molecule has 0 heterocycles. The minimum Gasteiger partial charge on any atom is -0.466 e. The summed E-state index contributed by atoms with van der Waals surface area (Å²) in [5.74, 6) is -1.57. The van der Waals surface area contributed by atoms with Crippen molar-refractivity contribution in [2.24, 2.45) is 11.8 Å². The number of rotatable bonds is 15. The van der Waals surface area contributed by atoms with Crippen LogP contribution in [0.25, 0.3) is 11.1 Å². The summed E-state index contributed by atoms with van der Waals surface area (Å²) in [7, 11) is 1.59. The van der Waals surface area contributed by atoms with E-state index < -0.39 is 17.9 Å². The molecule has 0 aliphatic carbocycles. The third kappa shape index (κ3) is 10.2. The van der Waals surface area contributed by atoms with Crippen molar-refractivity contribution in [1.29, 1.82) is 0 Å². The third-order valence-corrected chi connectivity index (χ3v) is 6.78. The van der Waals surface area contributed by atoms with Crippen LogP contribution in [0, 0.1) is 11.8 Å². The quantitative estimate of drug-likeness (QED) is 0.240. The van der Waals surface area contributed by atoms with Gasteiger partial charge < -0.3 is 20.1 Å². The molecule has 2 amide bonds. The maximum Gasteiger partial charge on any atom is 0.306 e. The van der Waals surface area contributed by atoms with Crippen LogP contribution in [0.3, 0.4) is 0 Å². The van der Waals surface area contributed by atoms with E-state index in [1.54, 1.807) is 14.0 Å². The summed E-state index contributed by atoms with van der Waals surface area (Å²) in [4.78, 5) is 39.7. The molecule has 0 saturated heterocycles. The van der Waals surface area contributed by atoms with E-state index in [0.29, 0.717) is 25.0 Å². The zero-order valence-electron chi connectivity index (χ0n) is 24.5. The van der Waals surface area contributed by atoms with E-state index in [0.717, 1.165) is 16.7 Å². The Labute approximate surface area is 243 Å². The number of ether oxygens (including phenoxy) is 2. The fourth-order valence-electron chi connectivity index (χ4n) is 4.87. The van der Waals surface area contributed by atoms with Gasteiger partial charge in [-0.25, -0.2) is 0 Å². The molecular weight excluding hydrogens is 516 g/mol. The smallest absolute Gasteiger partial charge is 0.306 e. The number of hydrogen-bond acceptors (Lipinski definition) is 5. The number of nitrogens with one attached hydrogen (secondary N) is 2. The second-order valence-corrected chi connectivity index (χ2v) is 10.6. The first-order valence-electron chi connectivity index (χ1n) is 14.2. The molecule has 218 valence electrons. The summed E-state index contributed by atoms with van der Waals surface area (Å²) in [6, 6.07) is 26.2. The minimum atomic E-state index is -0.959. The monoisotopic (exact) mass is 558 g/mol. The average molecular weight is 559 g/mol. The molecule has 0 aliphatic rings. The topological polar surface area (TPSA) is 93.7 Å². The van der Waals surface area contributed by atoms with Crippen LogP contribution in [0.2, 0.25) is 0 Å². The molecule has 2 N–H and O–H groups in total. The van der Waals surface area contributed by atoms with E-state index in [2.05, 4.69) is 10.6 Å². The van der Waals surface area contributed by atoms with Gasteiger partial charge >= 0.3 is 5.97 Å². The Kier molecular flexibility index (Phi) is 12.6. The van der Waals surface area contributed by atoms with E-state index >= 15 is 0 Å². The van der Waals surface area contributed by atoms with Gasteiger partial charge in [-0.15, -0.1) is 0 Å². The highest BCUT2D eigenvalue weighted by molar-refractivity contribution is 5.91. The van der Waals surface area contributed by atoms with E-state index in [1.165, 1.54) is 0 Å². The SMILES string of the molecule is CCOC(=O)C[C@@H](CC(C)C)C(=O)N[C@@H](C(=O)N[C@H](COC)Cc1ccccc1)c1ccc(-c2ccccc2)cc1. The van der Waals surface area contributed by atoms with Crippen molar-refractivity contribution < 1.29 is 23.9 Å². The average Bonchev–Trinajstić information content (AvgIpc) is 2.96. The normalized spacial score (nSPS) is 13.2. The van der Waals surface area contributed by atoms with E-state index in [-0.39, 0.29) is 36.8 Å². The van der Waals surface area contributed by atoms with Crippen molar-refractivity contribution in [2.75, 3.05) is 20.3 Å². The van der Waals surface area contributed by atoms with Crippen molar-refractivity contribution in [3.05, 3.63) is 96.1 Å². The molecule has 3 rings (SSSR count). The highest BCUT2D eigenvalue weighted by Crippen LogP contribution is 2.24. The zero-order chi connectivity index (χ0) is 29.6. The van der Waals surface area contributed by atoms with Gasteiger partial charge in [0.2, 0.25) is 11.8 Å². The molecule has 3 aromatic carbocycles. The predicted octanol–water partition coefficient (Wildman–Crippen LogP) is 5.50. The largest absolute Gasteiger partial charge is 0.466 e. The molecule has 0 spiro atoms. The molecule has 3 aromatic rings. The summed E-state index contributed by atoms with van der Waals surface area (Å²) in [6.45, 7) is 6.29. The lowest BCUT2D eigenvalue weighted by molar-refractivity contribution is -0.147. The number of esters is 1. The first kappa shape index (κ1) is 31.6. The fourth-order valence-corrected chi connectivity index (χ4v) is 4.87. The third-order valence-electron chi connectivity index (χ3n) is 6.78. The summed E-state index contributed by atoms with van der Waals surface area (Å²) in [6.07, 6.45) is 1.03. The van der Waals surface area contributed by atoms with Gasteiger partial charge in [0.15, 0.2) is 0 Å². The van der Waals surface area contributed by atoms with Crippen molar-refractivity contribution >= 4 is 17.8 Å². The first-order chi connectivity index (χ1) is 19.8. The summed E-state index contributed by atoms with van der Waals surface area (Å²) in [5.41, 5.74) is 3.76. The molecule has 0 aliphatic heterocycles. The van der Waals surface area contributed by atoms with Crippen LogP contribution in [-0.2, 0) is 30.3 Å². The zero-order valence-corrected chi connectivity index (χ0v) is 24.5. The summed E-state index contributed by atoms with van der Waals surface area (Å²) in [5, 5.41) is 6.04. The van der Waals surface area contributed by atoms with Gasteiger partial charge in [-0.2, -0.15) is 0 Å². The lowest BCUT2D eigenvalue weighted by Gasteiger charge is -2.26. The molecular formula is C34H42N2O5. The highest BCUT2D eigenvalue weighted by atomic mass is 16.5. The number of carbonyl (C=O) groups excluding carboxylic acids is 3. The second-order valence-electron chi connectivity index (χ2n) is 10.6. The maximum atomic E-state index is 13.8. The molecule has 41 heavy (non-hydrogen) atoms. The Hall–Kier alpha value is -3.97.